The van der Waals surface area contributed by atoms with Crippen molar-refractivity contribution in [1.82, 2.24) is 10.2 Å². The van der Waals surface area contributed by atoms with E-state index >= 15 is 0 Å². The number of para-hydroxylation sites is 1. The van der Waals surface area contributed by atoms with E-state index in [1.807, 2.05) is 49.4 Å². The van der Waals surface area contributed by atoms with Gasteiger partial charge < -0.3 is 4.90 Å². The Morgan fingerprint density at radius 2 is 1.78 bits per heavy atom. The topological polar surface area (TPSA) is 46.1 Å². The number of carbonyl (C=O) groups is 1. The Labute approximate surface area is 168 Å². The lowest BCUT2D eigenvalue weighted by Crippen LogP contribution is -2.36. The van der Waals surface area contributed by atoms with Crippen LogP contribution in [-0.4, -0.2) is 21.5 Å². The normalized spacial score (nSPS) is 12.0. The van der Waals surface area contributed by atoms with Crippen molar-refractivity contribution >= 4 is 34.5 Å². The summed E-state index contributed by atoms with van der Waals surface area (Å²) in [6.07, 6.45) is 1.51. The highest BCUT2D eigenvalue weighted by Gasteiger charge is 2.24. The van der Waals surface area contributed by atoms with Gasteiger partial charge in [0.1, 0.15) is 15.4 Å². The van der Waals surface area contributed by atoms with Gasteiger partial charge in [-0.2, -0.15) is 0 Å². The molecule has 4 nitrogen and oxygen atoms in total. The van der Waals surface area contributed by atoms with E-state index in [9.17, 15) is 4.79 Å². The molecule has 27 heavy (non-hydrogen) atoms. The molecule has 2 aromatic carbocycles. The maximum atomic E-state index is 12.8. The minimum atomic E-state index is -0.557. The molecule has 0 N–H and O–H groups in total. The monoisotopic (exact) mass is 399 g/mol. The van der Waals surface area contributed by atoms with E-state index in [1.54, 1.807) is 4.90 Å². The molecule has 1 amide bonds. The largest absolute Gasteiger partial charge is 0.304 e. The minimum absolute atomic E-state index is 0.115. The van der Waals surface area contributed by atoms with Gasteiger partial charge in [0, 0.05) is 11.3 Å². The smallest absolute Gasteiger partial charge is 0.245 e. The van der Waals surface area contributed by atoms with Crippen LogP contribution in [0.2, 0.25) is 0 Å². The molecule has 0 spiro atoms. The summed E-state index contributed by atoms with van der Waals surface area (Å²) in [4.78, 5) is 14.5. The molecule has 0 aliphatic carbocycles. The molecule has 0 aliphatic heterocycles. The third-order valence-electron chi connectivity index (χ3n) is 4.35. The van der Waals surface area contributed by atoms with Crippen LogP contribution in [0.3, 0.4) is 0 Å². The maximum absolute atomic E-state index is 12.8. The van der Waals surface area contributed by atoms with Crippen molar-refractivity contribution < 1.29 is 4.79 Å². The molecule has 3 aromatic rings. The van der Waals surface area contributed by atoms with Gasteiger partial charge in [0.05, 0.1) is 6.54 Å². The van der Waals surface area contributed by atoms with Crippen molar-refractivity contribution in [2.75, 3.05) is 4.90 Å². The highest BCUT2D eigenvalue weighted by Crippen LogP contribution is 2.29. The summed E-state index contributed by atoms with van der Waals surface area (Å²) in [6.45, 7) is 4.39. The highest BCUT2D eigenvalue weighted by atomic mass is 35.5. The van der Waals surface area contributed by atoms with E-state index in [2.05, 4.69) is 29.3 Å². The van der Waals surface area contributed by atoms with Crippen LogP contribution in [0.5, 0.6) is 0 Å². The summed E-state index contributed by atoms with van der Waals surface area (Å²) in [5, 5.41) is 9.80. The number of halogens is 1. The van der Waals surface area contributed by atoms with E-state index in [0.717, 1.165) is 27.7 Å². The molecule has 3 rings (SSSR count). The Kier molecular flexibility index (Phi) is 6.58. The Morgan fingerprint density at radius 1 is 1.07 bits per heavy atom. The second kappa shape index (κ2) is 9.11. The fraction of sp³-hybridized carbons (Fsp3) is 0.286. The molecule has 0 fully saturated rings. The first-order valence-corrected chi connectivity index (χ1v) is 10.3. The Hall–Kier alpha value is -2.24. The van der Waals surface area contributed by atoms with Crippen molar-refractivity contribution in [2.24, 2.45) is 0 Å². The van der Waals surface area contributed by atoms with Crippen LogP contribution in [0.1, 0.15) is 30.8 Å². The van der Waals surface area contributed by atoms with Gasteiger partial charge in [-0.1, -0.05) is 67.6 Å². The fourth-order valence-corrected chi connectivity index (χ4v) is 3.85. The molecular formula is C21H22ClN3OS. The van der Waals surface area contributed by atoms with Crippen LogP contribution in [0.25, 0.3) is 10.6 Å². The molecule has 140 valence electrons. The first-order chi connectivity index (χ1) is 13.1. The number of nitrogens with zero attached hydrogens (tertiary/aromatic N) is 3. The number of carbonyl (C=O) groups excluding carboxylic acids is 1. The second-order valence-electron chi connectivity index (χ2n) is 6.15. The maximum Gasteiger partial charge on any atom is 0.245 e. The molecule has 1 aromatic heterocycles. The van der Waals surface area contributed by atoms with Crippen molar-refractivity contribution in [3.8, 4) is 10.6 Å². The number of hydrogen-bond donors (Lipinski definition) is 0. The number of amides is 1. The average Bonchev–Trinajstić information content (AvgIpc) is 3.20. The molecular weight excluding hydrogens is 378 g/mol. The van der Waals surface area contributed by atoms with Crippen LogP contribution in [0, 0.1) is 0 Å². The summed E-state index contributed by atoms with van der Waals surface area (Å²) in [5.74, 6) is -0.115. The van der Waals surface area contributed by atoms with E-state index in [-0.39, 0.29) is 5.91 Å². The average molecular weight is 400 g/mol. The van der Waals surface area contributed by atoms with Crippen molar-refractivity contribution in [3.05, 3.63) is 65.2 Å². The summed E-state index contributed by atoms with van der Waals surface area (Å²) in [5.41, 5.74) is 3.15. The third kappa shape index (κ3) is 4.54. The van der Waals surface area contributed by atoms with Crippen LogP contribution >= 0.6 is 22.9 Å². The molecule has 6 heteroatoms. The number of benzene rings is 2. The van der Waals surface area contributed by atoms with Crippen LogP contribution < -0.4 is 4.90 Å². The number of rotatable bonds is 7. The van der Waals surface area contributed by atoms with Gasteiger partial charge in [0.2, 0.25) is 5.91 Å². The molecule has 1 atom stereocenters. The zero-order chi connectivity index (χ0) is 19.2. The zero-order valence-electron chi connectivity index (χ0n) is 15.4. The van der Waals surface area contributed by atoms with Crippen molar-refractivity contribution in [3.63, 3.8) is 0 Å². The lowest BCUT2D eigenvalue weighted by atomic mass is 10.1. The van der Waals surface area contributed by atoms with Gasteiger partial charge in [-0.3, -0.25) is 4.79 Å². The fourth-order valence-electron chi connectivity index (χ4n) is 2.85. The molecule has 0 aliphatic rings. The molecule has 1 unspecified atom stereocenters. The van der Waals surface area contributed by atoms with Gasteiger partial charge in [-0.05, 0) is 30.5 Å². The summed E-state index contributed by atoms with van der Waals surface area (Å²) in [6, 6.07) is 17.8. The molecule has 0 bridgehead atoms. The summed E-state index contributed by atoms with van der Waals surface area (Å²) < 4.78 is 0. The Balaban J connectivity index is 1.89. The van der Waals surface area contributed by atoms with Gasteiger partial charge in [0.15, 0.2) is 0 Å². The summed E-state index contributed by atoms with van der Waals surface area (Å²) in [7, 11) is 0. The Morgan fingerprint density at radius 3 is 2.48 bits per heavy atom. The predicted octanol–water partition coefficient (Wildman–Crippen LogP) is 5.32. The van der Waals surface area contributed by atoms with Crippen molar-refractivity contribution in [1.29, 1.82) is 0 Å². The van der Waals surface area contributed by atoms with E-state index in [1.165, 1.54) is 16.9 Å². The van der Waals surface area contributed by atoms with Crippen molar-refractivity contribution in [2.45, 2.75) is 38.6 Å². The number of alkyl halides is 1. The third-order valence-corrected chi connectivity index (χ3v) is 5.79. The van der Waals surface area contributed by atoms with E-state index in [0.29, 0.717) is 13.0 Å². The zero-order valence-corrected chi connectivity index (χ0v) is 17.0. The first-order valence-electron chi connectivity index (χ1n) is 9.05. The van der Waals surface area contributed by atoms with E-state index in [4.69, 9.17) is 11.6 Å². The quantitative estimate of drug-likeness (QED) is 0.505. The molecule has 0 saturated heterocycles. The number of aryl methyl sites for hydroxylation is 1. The minimum Gasteiger partial charge on any atom is -0.304 e. The predicted molar refractivity (Wildman–Crippen MR) is 112 cm³/mol. The molecule has 1 heterocycles. The lowest BCUT2D eigenvalue weighted by Gasteiger charge is -2.23. The van der Waals surface area contributed by atoms with Gasteiger partial charge in [-0.25, -0.2) is 0 Å². The number of hydrogen-bond acceptors (Lipinski definition) is 4. The highest BCUT2D eigenvalue weighted by molar-refractivity contribution is 7.14. The molecule has 0 saturated carbocycles. The Bertz CT molecular complexity index is 897. The molecule has 0 radical (unpaired) electrons. The number of anilines is 1. The van der Waals surface area contributed by atoms with Crippen LogP contribution in [0.15, 0.2) is 54.6 Å². The standard InChI is InChI=1S/C21H22ClN3OS/c1-3-15-10-8-9-13-17(15)20-24-23-19(27-20)14-25(21(26)18(22)4-2)16-11-6-5-7-12-16/h5-13,18H,3-4,14H2,1-2H3. The van der Waals surface area contributed by atoms with Gasteiger partial charge in [0.25, 0.3) is 0 Å². The summed E-state index contributed by atoms with van der Waals surface area (Å²) >= 11 is 7.76. The SMILES string of the molecule is CCc1ccccc1-c1nnc(CN(C(=O)C(Cl)CC)c2ccccc2)s1. The van der Waals surface area contributed by atoms with Crippen LogP contribution in [0.4, 0.5) is 5.69 Å². The van der Waals surface area contributed by atoms with Gasteiger partial charge in [-0.15, -0.1) is 21.8 Å². The first kappa shape index (κ1) is 19.5. The second-order valence-corrected chi connectivity index (χ2v) is 7.74. The van der Waals surface area contributed by atoms with Crippen LogP contribution in [-0.2, 0) is 17.8 Å². The lowest BCUT2D eigenvalue weighted by molar-refractivity contribution is -0.118. The van der Waals surface area contributed by atoms with E-state index < -0.39 is 5.38 Å². The van der Waals surface area contributed by atoms with Gasteiger partial charge >= 0.3 is 0 Å². The number of aromatic nitrogens is 2.